The van der Waals surface area contributed by atoms with Crippen LogP contribution in [0.1, 0.15) is 0 Å². The minimum Gasteiger partial charge on any atom is -0.395 e. The summed E-state index contributed by atoms with van der Waals surface area (Å²) in [6.45, 7) is -0.140. The Labute approximate surface area is 246 Å². The Kier molecular flexibility index (Phi) is 16.9. The fourth-order valence-electron chi connectivity index (χ4n) is 5.77. The summed E-state index contributed by atoms with van der Waals surface area (Å²) < 4.78 is 0. The lowest BCUT2D eigenvalue weighted by Crippen LogP contribution is -2.54. The van der Waals surface area contributed by atoms with Crippen LogP contribution in [-0.2, 0) is 4.79 Å². The molecule has 0 radical (unpaired) electrons. The summed E-state index contributed by atoms with van der Waals surface area (Å²) in [6.07, 6.45) is -0.801. The van der Waals surface area contributed by atoms with Crippen molar-refractivity contribution in [3.05, 3.63) is 0 Å². The van der Waals surface area contributed by atoms with Crippen LogP contribution in [0, 0.1) is 5.92 Å². The zero-order chi connectivity index (χ0) is 31.1. The number of carbonyl (C=O) groups excluding carboxylic acids is 2. The van der Waals surface area contributed by atoms with Crippen LogP contribution in [0.4, 0.5) is 4.79 Å². The molecule has 0 saturated carbocycles. The van der Waals surface area contributed by atoms with Crippen LogP contribution >= 0.6 is 0 Å². The number of hydrogen-bond donors (Lipinski definition) is 8. The zero-order valence-corrected chi connectivity index (χ0v) is 24.4. The van der Waals surface area contributed by atoms with Crippen molar-refractivity contribution in [2.45, 2.75) is 12.2 Å². The van der Waals surface area contributed by atoms with E-state index in [1.807, 2.05) is 0 Å². The van der Waals surface area contributed by atoms with Gasteiger partial charge in [0.05, 0.1) is 84.8 Å². The average Bonchev–Trinajstić information content (AvgIpc) is 3.36. The molecule has 0 bridgehead atoms. The average molecular weight is 610 g/mol. The van der Waals surface area contributed by atoms with Gasteiger partial charge in [-0.2, -0.15) is 0 Å². The third-order valence-corrected chi connectivity index (χ3v) is 7.65. The first-order valence-corrected chi connectivity index (χ1v) is 14.5. The Morgan fingerprint density at radius 2 is 0.810 bits per heavy atom. The van der Waals surface area contributed by atoms with E-state index in [-0.39, 0.29) is 138 Å². The molecule has 0 unspecified atom stereocenters. The molecule has 42 heavy (non-hydrogen) atoms. The van der Waals surface area contributed by atoms with Crippen molar-refractivity contribution >= 4 is 11.9 Å². The van der Waals surface area contributed by atoms with E-state index in [2.05, 4.69) is 0 Å². The Hall–Kier alpha value is -1.74. The van der Waals surface area contributed by atoms with Crippen molar-refractivity contribution < 1.29 is 50.4 Å². The topological polar surface area (TPSA) is 219 Å². The highest BCUT2D eigenvalue weighted by atomic mass is 16.3. The number of aliphatic hydroxyl groups is 8. The van der Waals surface area contributed by atoms with E-state index in [1.165, 1.54) is 14.7 Å². The molecular weight excluding hydrogens is 558 g/mol. The second kappa shape index (κ2) is 19.5. The largest absolute Gasteiger partial charge is 0.395 e. The van der Waals surface area contributed by atoms with Crippen LogP contribution in [0.2, 0.25) is 0 Å². The lowest BCUT2D eigenvalue weighted by molar-refractivity contribution is -0.137. The van der Waals surface area contributed by atoms with Crippen molar-refractivity contribution in [1.29, 1.82) is 0 Å². The summed E-state index contributed by atoms with van der Waals surface area (Å²) in [5, 5.41) is 76.8. The molecule has 0 spiro atoms. The molecule has 0 aliphatic carbocycles. The normalized spacial score (nSPS) is 21.0. The molecule has 8 N–H and O–H groups in total. The summed E-state index contributed by atoms with van der Waals surface area (Å²) >= 11 is 0. The number of urea groups is 1. The fraction of sp³-hybridized carbons (Fsp3) is 0.920. The zero-order valence-electron chi connectivity index (χ0n) is 24.4. The highest BCUT2D eigenvalue weighted by Gasteiger charge is 2.60. The number of likely N-dealkylation sites (tertiary alicyclic amines) is 1. The molecule has 0 aromatic rings. The Balaban J connectivity index is 2.60. The van der Waals surface area contributed by atoms with Gasteiger partial charge in [-0.15, -0.1) is 0 Å². The maximum absolute atomic E-state index is 14.2. The molecular formula is C25H51N7O10. The second-order valence-corrected chi connectivity index (χ2v) is 10.4. The van der Waals surface area contributed by atoms with Crippen LogP contribution in [-0.4, -0.2) is 231 Å². The number of carbonyl (C=O) groups is 2. The van der Waals surface area contributed by atoms with E-state index in [1.54, 1.807) is 19.6 Å². The lowest BCUT2D eigenvalue weighted by Gasteiger charge is -2.36. The second-order valence-electron chi connectivity index (χ2n) is 10.4. The number of fused-ring (bicyclic) bond motifs is 1. The summed E-state index contributed by atoms with van der Waals surface area (Å²) in [7, 11) is 0. The quantitative estimate of drug-likeness (QED) is 0.0511. The Morgan fingerprint density at radius 1 is 0.476 bits per heavy atom. The van der Waals surface area contributed by atoms with Gasteiger partial charge in [0.15, 0.2) is 0 Å². The Bertz CT molecular complexity index is 646. The molecule has 0 aromatic heterocycles. The molecule has 0 aromatic carbocycles. The van der Waals surface area contributed by atoms with Crippen LogP contribution in [0.5, 0.6) is 0 Å². The first-order chi connectivity index (χ1) is 20.3. The third-order valence-electron chi connectivity index (χ3n) is 7.65. The van der Waals surface area contributed by atoms with Crippen molar-refractivity contribution in [2.24, 2.45) is 5.92 Å². The summed E-state index contributed by atoms with van der Waals surface area (Å²) in [5.74, 6) is -1.07. The van der Waals surface area contributed by atoms with Crippen molar-refractivity contribution in [3.8, 4) is 0 Å². The van der Waals surface area contributed by atoms with E-state index in [4.69, 9.17) is 0 Å². The maximum Gasteiger partial charge on any atom is 0.324 e. The standard InChI is InChI=1S/C25H51N7O10/c33-9-1-26(2-10-34)17-21-22-23(31(24(21)41)19-28(5-13-37)6-14-38)32(20-29(7-15-39)8-16-40)25(42)30(22)18-27(3-11-35)4-12-36/h21-23,33-40H,1-20H2/t21-,22-,23-/m0/s1. The molecule has 3 amide bonds. The smallest absolute Gasteiger partial charge is 0.324 e. The lowest BCUT2D eigenvalue weighted by atomic mass is 10.00. The van der Waals surface area contributed by atoms with Gasteiger partial charge in [0, 0.05) is 58.9 Å². The van der Waals surface area contributed by atoms with Gasteiger partial charge < -0.3 is 50.7 Å². The van der Waals surface area contributed by atoms with Gasteiger partial charge in [-0.25, -0.2) is 4.79 Å². The van der Waals surface area contributed by atoms with Gasteiger partial charge in [0.25, 0.3) is 0 Å². The Morgan fingerprint density at radius 3 is 1.19 bits per heavy atom. The van der Waals surface area contributed by atoms with Crippen molar-refractivity contribution in [1.82, 2.24) is 34.3 Å². The first-order valence-electron chi connectivity index (χ1n) is 14.5. The van der Waals surface area contributed by atoms with Crippen LogP contribution in [0.25, 0.3) is 0 Å². The SMILES string of the molecule is O=C1[C@@H](CN(CCO)CCO)[C@H]2[C@@H](N1CN(CCO)CCO)N(CN(CCO)CCO)C(=O)N2CN(CCO)CCO. The molecule has 17 nitrogen and oxygen atoms in total. The van der Waals surface area contributed by atoms with Crippen molar-refractivity contribution in [2.75, 3.05) is 132 Å². The summed E-state index contributed by atoms with van der Waals surface area (Å²) in [5.41, 5.74) is 0. The highest BCUT2D eigenvalue weighted by Crippen LogP contribution is 2.39. The maximum atomic E-state index is 14.2. The molecule has 2 aliphatic rings. The molecule has 2 saturated heterocycles. The molecule has 17 heteroatoms. The molecule has 246 valence electrons. The van der Waals surface area contributed by atoms with E-state index >= 15 is 0 Å². The highest BCUT2D eigenvalue weighted by molar-refractivity contribution is 5.88. The molecule has 2 heterocycles. The molecule has 2 rings (SSSR count). The van der Waals surface area contributed by atoms with Crippen LogP contribution < -0.4 is 0 Å². The monoisotopic (exact) mass is 609 g/mol. The van der Waals surface area contributed by atoms with Gasteiger partial charge in [-0.1, -0.05) is 0 Å². The van der Waals surface area contributed by atoms with Crippen molar-refractivity contribution in [3.63, 3.8) is 0 Å². The number of amides is 3. The fourth-order valence-corrected chi connectivity index (χ4v) is 5.77. The van der Waals surface area contributed by atoms with Gasteiger partial charge >= 0.3 is 6.03 Å². The number of rotatable bonds is 24. The number of aliphatic hydroxyl groups excluding tert-OH is 8. The predicted octanol–water partition coefficient (Wildman–Crippen LogP) is -6.10. The third kappa shape index (κ3) is 9.63. The number of nitrogens with zero attached hydrogens (tertiary/aromatic N) is 7. The number of hydrogen-bond acceptors (Lipinski definition) is 14. The van der Waals surface area contributed by atoms with E-state index < -0.39 is 24.2 Å². The first kappa shape index (κ1) is 36.5. The van der Waals surface area contributed by atoms with Gasteiger partial charge in [-0.3, -0.25) is 29.3 Å². The van der Waals surface area contributed by atoms with Gasteiger partial charge in [0.2, 0.25) is 5.91 Å². The molecule has 2 fully saturated rings. The van der Waals surface area contributed by atoms with Crippen LogP contribution in [0.3, 0.4) is 0 Å². The van der Waals surface area contributed by atoms with E-state index in [9.17, 15) is 50.4 Å². The van der Waals surface area contributed by atoms with E-state index in [0.717, 1.165) is 0 Å². The summed E-state index contributed by atoms with van der Waals surface area (Å²) in [6, 6.07) is -1.12. The minimum absolute atomic E-state index is 0.00618. The predicted molar refractivity (Wildman–Crippen MR) is 149 cm³/mol. The molecule has 3 atom stereocenters. The van der Waals surface area contributed by atoms with Gasteiger partial charge in [-0.05, 0) is 0 Å². The molecule has 2 aliphatic heterocycles. The van der Waals surface area contributed by atoms with Gasteiger partial charge in [0.1, 0.15) is 6.17 Å². The summed E-state index contributed by atoms with van der Waals surface area (Å²) in [4.78, 5) is 39.7. The van der Waals surface area contributed by atoms with E-state index in [0.29, 0.717) is 0 Å². The minimum atomic E-state index is -0.801. The van der Waals surface area contributed by atoms with Crippen LogP contribution in [0.15, 0.2) is 0 Å².